The molecule has 0 aliphatic carbocycles. The van der Waals surface area contributed by atoms with Crippen molar-refractivity contribution in [3.05, 3.63) is 53.8 Å². The summed E-state index contributed by atoms with van der Waals surface area (Å²) in [4.78, 5) is 4.82. The van der Waals surface area contributed by atoms with E-state index in [1.54, 1.807) is 10.9 Å². The Morgan fingerprint density at radius 1 is 0.967 bits per heavy atom. The van der Waals surface area contributed by atoms with Crippen molar-refractivity contribution in [1.82, 2.24) is 39.6 Å². The molecule has 9 heteroatoms. The Bertz CT molecular complexity index is 1130. The van der Waals surface area contributed by atoms with Gasteiger partial charge in [-0.1, -0.05) is 41.9 Å². The quantitative estimate of drug-likeness (QED) is 0.492. The van der Waals surface area contributed by atoms with Gasteiger partial charge in [0, 0.05) is 50.7 Å². The molecular formula is C21H23ClN8. The summed E-state index contributed by atoms with van der Waals surface area (Å²) >= 11 is 6.83. The minimum atomic E-state index is 0.505. The minimum Gasteiger partial charge on any atom is -0.304 e. The highest BCUT2D eigenvalue weighted by atomic mass is 35.5. The topological polar surface area (TPSA) is 67.9 Å². The van der Waals surface area contributed by atoms with Crippen LogP contribution in [0.15, 0.2) is 48.8 Å². The molecule has 5 rings (SSSR count). The second kappa shape index (κ2) is 8.14. The van der Waals surface area contributed by atoms with Crippen LogP contribution in [0.25, 0.3) is 28.1 Å². The molecule has 8 nitrogen and oxygen atoms in total. The summed E-state index contributed by atoms with van der Waals surface area (Å²) in [6, 6.07) is 11.9. The highest BCUT2D eigenvalue weighted by Crippen LogP contribution is 2.34. The monoisotopic (exact) mass is 422 g/mol. The van der Waals surface area contributed by atoms with Gasteiger partial charge in [0.25, 0.3) is 0 Å². The van der Waals surface area contributed by atoms with Crippen LogP contribution in [0.2, 0.25) is 5.02 Å². The average Bonchev–Trinajstić information content (AvgIpc) is 3.43. The zero-order chi connectivity index (χ0) is 20.5. The number of hydrogen-bond donors (Lipinski definition) is 0. The molecule has 1 saturated heterocycles. The number of hydrogen-bond acceptors (Lipinski definition) is 6. The van der Waals surface area contributed by atoms with E-state index in [2.05, 4.69) is 32.1 Å². The first kappa shape index (κ1) is 19.2. The molecule has 0 saturated carbocycles. The van der Waals surface area contributed by atoms with Crippen LogP contribution in [0.5, 0.6) is 0 Å². The fraction of sp³-hybridized carbons (Fsp3) is 0.333. The number of likely N-dealkylation sites (N-methyl/N-ethyl adjacent to an activating group) is 1. The molecule has 0 amide bonds. The predicted octanol–water partition coefficient (Wildman–Crippen LogP) is 2.58. The van der Waals surface area contributed by atoms with Crippen molar-refractivity contribution in [2.45, 2.75) is 6.54 Å². The van der Waals surface area contributed by atoms with E-state index in [0.29, 0.717) is 16.5 Å². The van der Waals surface area contributed by atoms with E-state index in [9.17, 15) is 0 Å². The van der Waals surface area contributed by atoms with Gasteiger partial charge >= 0.3 is 0 Å². The third-order valence-corrected chi connectivity index (χ3v) is 5.93. The fourth-order valence-corrected chi connectivity index (χ4v) is 4.11. The van der Waals surface area contributed by atoms with E-state index in [1.807, 2.05) is 47.3 Å². The standard InChI is InChI=1S/C21H23ClN8/c1-27-10-12-28(13-11-27)14-15-30-20-17(19(26-30)16-6-3-2-4-7-16)18(22)21(25-24-20)29-9-5-8-23-29/h2-9H,10-15H2,1H3. The first-order valence-electron chi connectivity index (χ1n) is 10.1. The van der Waals surface area contributed by atoms with Crippen molar-refractivity contribution in [3.63, 3.8) is 0 Å². The number of aromatic nitrogens is 6. The van der Waals surface area contributed by atoms with Gasteiger partial charge in [-0.05, 0) is 13.1 Å². The lowest BCUT2D eigenvalue weighted by Gasteiger charge is -2.32. The third-order valence-electron chi connectivity index (χ3n) is 5.57. The van der Waals surface area contributed by atoms with Crippen LogP contribution in [-0.2, 0) is 6.54 Å². The second-order valence-electron chi connectivity index (χ2n) is 7.57. The highest BCUT2D eigenvalue weighted by molar-refractivity contribution is 6.37. The number of halogens is 1. The van der Waals surface area contributed by atoms with E-state index in [1.165, 1.54) is 0 Å². The molecule has 4 aromatic rings. The summed E-state index contributed by atoms with van der Waals surface area (Å²) in [7, 11) is 2.17. The molecule has 1 aliphatic rings. The van der Waals surface area contributed by atoms with Crippen molar-refractivity contribution in [1.29, 1.82) is 0 Å². The first-order chi connectivity index (χ1) is 14.7. The molecule has 0 atom stereocenters. The molecule has 0 radical (unpaired) electrons. The van der Waals surface area contributed by atoms with Gasteiger partial charge in [-0.2, -0.15) is 10.2 Å². The van der Waals surface area contributed by atoms with Crippen LogP contribution in [0.3, 0.4) is 0 Å². The van der Waals surface area contributed by atoms with Gasteiger partial charge in [0.1, 0.15) is 10.7 Å². The maximum absolute atomic E-state index is 6.83. The Morgan fingerprint density at radius 2 is 1.77 bits per heavy atom. The van der Waals surface area contributed by atoms with Gasteiger partial charge < -0.3 is 4.90 Å². The minimum absolute atomic E-state index is 0.505. The Kier molecular flexibility index (Phi) is 5.20. The van der Waals surface area contributed by atoms with Gasteiger partial charge in [-0.15, -0.1) is 10.2 Å². The average molecular weight is 423 g/mol. The molecule has 1 fully saturated rings. The first-order valence-corrected chi connectivity index (χ1v) is 10.5. The second-order valence-corrected chi connectivity index (χ2v) is 7.95. The van der Waals surface area contributed by atoms with Crippen molar-refractivity contribution >= 4 is 22.6 Å². The van der Waals surface area contributed by atoms with Crippen molar-refractivity contribution in [3.8, 4) is 17.1 Å². The van der Waals surface area contributed by atoms with Crippen LogP contribution in [0, 0.1) is 0 Å². The number of piperazine rings is 1. The Balaban J connectivity index is 1.55. The Labute approximate surface area is 179 Å². The van der Waals surface area contributed by atoms with E-state index in [4.69, 9.17) is 16.7 Å². The molecule has 3 aromatic heterocycles. The zero-order valence-electron chi connectivity index (χ0n) is 16.8. The molecule has 4 heterocycles. The summed E-state index contributed by atoms with van der Waals surface area (Å²) in [6.07, 6.45) is 3.50. The lowest BCUT2D eigenvalue weighted by molar-refractivity contribution is 0.149. The molecule has 154 valence electrons. The summed E-state index contributed by atoms with van der Waals surface area (Å²) in [6.45, 7) is 5.97. The number of benzene rings is 1. The van der Waals surface area contributed by atoms with Crippen LogP contribution >= 0.6 is 11.6 Å². The summed E-state index contributed by atoms with van der Waals surface area (Å²) in [5, 5.41) is 19.3. The van der Waals surface area contributed by atoms with Gasteiger partial charge in [-0.25, -0.2) is 9.36 Å². The van der Waals surface area contributed by atoms with Crippen LogP contribution in [-0.4, -0.2) is 79.3 Å². The maximum Gasteiger partial charge on any atom is 0.195 e. The Hall–Kier alpha value is -2.81. The summed E-state index contributed by atoms with van der Waals surface area (Å²) < 4.78 is 3.56. The number of fused-ring (bicyclic) bond motifs is 1. The zero-order valence-corrected chi connectivity index (χ0v) is 17.6. The predicted molar refractivity (Wildman–Crippen MR) is 117 cm³/mol. The molecule has 1 aliphatic heterocycles. The van der Waals surface area contributed by atoms with E-state index in [0.717, 1.165) is 55.9 Å². The van der Waals surface area contributed by atoms with Gasteiger partial charge in [0.05, 0.1) is 11.9 Å². The number of nitrogens with zero attached hydrogens (tertiary/aromatic N) is 8. The van der Waals surface area contributed by atoms with Gasteiger partial charge in [0.15, 0.2) is 11.5 Å². The molecule has 1 aromatic carbocycles. The lowest BCUT2D eigenvalue weighted by Crippen LogP contribution is -2.45. The summed E-state index contributed by atoms with van der Waals surface area (Å²) in [5.74, 6) is 0.505. The SMILES string of the molecule is CN1CCN(CCn2nc(-c3ccccc3)c3c(Cl)c(-n4cccn4)nnc32)CC1. The Morgan fingerprint density at radius 3 is 2.50 bits per heavy atom. The van der Waals surface area contributed by atoms with Crippen molar-refractivity contribution in [2.24, 2.45) is 0 Å². The molecule has 0 unspecified atom stereocenters. The largest absolute Gasteiger partial charge is 0.304 e. The van der Waals surface area contributed by atoms with Gasteiger partial charge in [0.2, 0.25) is 0 Å². The molecule has 0 N–H and O–H groups in total. The normalized spacial score (nSPS) is 15.8. The lowest BCUT2D eigenvalue weighted by atomic mass is 10.1. The smallest absolute Gasteiger partial charge is 0.195 e. The molecular weight excluding hydrogens is 400 g/mol. The summed E-state index contributed by atoms with van der Waals surface area (Å²) in [5.41, 5.74) is 2.52. The number of rotatable bonds is 5. The van der Waals surface area contributed by atoms with Crippen molar-refractivity contribution in [2.75, 3.05) is 39.8 Å². The maximum atomic E-state index is 6.83. The van der Waals surface area contributed by atoms with Crippen LogP contribution in [0.1, 0.15) is 0 Å². The van der Waals surface area contributed by atoms with Crippen molar-refractivity contribution < 1.29 is 0 Å². The molecule has 0 spiro atoms. The fourth-order valence-electron chi connectivity index (χ4n) is 3.81. The third kappa shape index (κ3) is 3.58. The molecule has 30 heavy (non-hydrogen) atoms. The van der Waals surface area contributed by atoms with E-state index < -0.39 is 0 Å². The van der Waals surface area contributed by atoms with Gasteiger partial charge in [-0.3, -0.25) is 4.90 Å². The van der Waals surface area contributed by atoms with Crippen LogP contribution < -0.4 is 0 Å². The van der Waals surface area contributed by atoms with E-state index in [-0.39, 0.29) is 0 Å². The van der Waals surface area contributed by atoms with E-state index >= 15 is 0 Å². The highest BCUT2D eigenvalue weighted by Gasteiger charge is 2.22. The van der Waals surface area contributed by atoms with Crippen LogP contribution in [0.4, 0.5) is 0 Å². The molecule has 0 bridgehead atoms.